The Labute approximate surface area is 96.5 Å². The predicted molar refractivity (Wildman–Crippen MR) is 65.0 cm³/mol. The van der Waals surface area contributed by atoms with Gasteiger partial charge in [-0.1, -0.05) is 13.8 Å². The summed E-state index contributed by atoms with van der Waals surface area (Å²) in [6.07, 6.45) is 6.00. The van der Waals surface area contributed by atoms with E-state index in [4.69, 9.17) is 11.5 Å². The maximum atomic E-state index is 6.04. The van der Waals surface area contributed by atoms with Crippen LogP contribution in [-0.2, 0) is 6.42 Å². The first kappa shape index (κ1) is 11.3. The molecule has 4 heteroatoms. The van der Waals surface area contributed by atoms with Crippen LogP contribution in [0, 0.1) is 0 Å². The van der Waals surface area contributed by atoms with E-state index in [1.54, 1.807) is 0 Å². The smallest absolute Gasteiger partial charge is 0.133 e. The molecule has 0 radical (unpaired) electrons. The van der Waals surface area contributed by atoms with Crippen molar-refractivity contribution in [2.24, 2.45) is 5.73 Å². The maximum Gasteiger partial charge on any atom is 0.133 e. The molecule has 4 nitrogen and oxygen atoms in total. The van der Waals surface area contributed by atoms with Gasteiger partial charge in [0.15, 0.2) is 0 Å². The number of aryl methyl sites for hydroxylation is 1. The monoisotopic (exact) mass is 220 g/mol. The summed E-state index contributed by atoms with van der Waals surface area (Å²) in [5, 5.41) is 0. The molecule has 0 spiro atoms. The molecule has 88 valence electrons. The van der Waals surface area contributed by atoms with Gasteiger partial charge in [-0.3, -0.25) is 0 Å². The van der Waals surface area contributed by atoms with E-state index in [0.29, 0.717) is 11.7 Å². The third kappa shape index (κ3) is 2.50. The lowest BCUT2D eigenvalue weighted by Crippen LogP contribution is -2.22. The molecule has 1 aromatic rings. The Kier molecular flexibility index (Phi) is 2.84. The Bertz CT molecular complexity index is 383. The van der Waals surface area contributed by atoms with Crippen molar-refractivity contribution in [2.45, 2.75) is 51.0 Å². The molecule has 4 N–H and O–H groups in total. The number of nitrogen functional groups attached to an aromatic ring is 1. The molecule has 1 heterocycles. The largest absolute Gasteiger partial charge is 0.383 e. The second-order valence-corrected chi connectivity index (χ2v) is 5.16. The lowest BCUT2D eigenvalue weighted by Gasteiger charge is -2.11. The van der Waals surface area contributed by atoms with E-state index in [0.717, 1.165) is 37.1 Å². The van der Waals surface area contributed by atoms with Crippen LogP contribution in [0.25, 0.3) is 0 Å². The third-order valence-corrected chi connectivity index (χ3v) is 3.22. The lowest BCUT2D eigenvalue weighted by molar-refractivity contribution is 0.607. The number of hydrogen-bond donors (Lipinski definition) is 2. The van der Waals surface area contributed by atoms with Gasteiger partial charge in [0.1, 0.15) is 11.6 Å². The highest BCUT2D eigenvalue weighted by Gasteiger charge is 2.37. The Balaban J connectivity index is 2.04. The van der Waals surface area contributed by atoms with E-state index in [9.17, 15) is 0 Å². The molecule has 16 heavy (non-hydrogen) atoms. The van der Waals surface area contributed by atoms with Crippen molar-refractivity contribution in [1.82, 2.24) is 9.97 Å². The summed E-state index contributed by atoms with van der Waals surface area (Å²) in [7, 11) is 0. The molecule has 0 saturated heterocycles. The zero-order valence-corrected chi connectivity index (χ0v) is 10.0. The second kappa shape index (κ2) is 4.01. The summed E-state index contributed by atoms with van der Waals surface area (Å²) in [5.41, 5.74) is 13.1. The van der Waals surface area contributed by atoms with Crippen LogP contribution in [-0.4, -0.2) is 15.5 Å². The molecule has 1 aliphatic rings. The van der Waals surface area contributed by atoms with E-state index in [2.05, 4.69) is 23.8 Å². The Morgan fingerprint density at radius 2 is 2.12 bits per heavy atom. The topological polar surface area (TPSA) is 77.8 Å². The van der Waals surface area contributed by atoms with Gasteiger partial charge in [0.2, 0.25) is 0 Å². The van der Waals surface area contributed by atoms with Gasteiger partial charge in [-0.25, -0.2) is 9.97 Å². The van der Waals surface area contributed by atoms with Crippen molar-refractivity contribution in [1.29, 1.82) is 0 Å². The fourth-order valence-electron chi connectivity index (χ4n) is 1.70. The predicted octanol–water partition coefficient (Wildman–Crippen LogP) is 1.61. The molecule has 1 aromatic heterocycles. The minimum atomic E-state index is 0.0726. The average molecular weight is 220 g/mol. The molecule has 1 saturated carbocycles. The van der Waals surface area contributed by atoms with Crippen molar-refractivity contribution in [2.75, 3.05) is 5.73 Å². The first-order chi connectivity index (χ1) is 7.50. The van der Waals surface area contributed by atoms with Crippen molar-refractivity contribution in [3.63, 3.8) is 0 Å². The fraction of sp³-hybridized carbons (Fsp3) is 0.667. The molecule has 0 amide bonds. The zero-order valence-electron chi connectivity index (χ0n) is 10.0. The quantitative estimate of drug-likeness (QED) is 0.808. The van der Waals surface area contributed by atoms with Crippen LogP contribution in [0.2, 0.25) is 0 Å². The number of aromatic nitrogens is 2. The Hall–Kier alpha value is -1.16. The van der Waals surface area contributed by atoms with Crippen LogP contribution in [0.1, 0.15) is 50.4 Å². The average Bonchev–Trinajstić information content (AvgIpc) is 2.95. The van der Waals surface area contributed by atoms with E-state index in [1.165, 1.54) is 0 Å². The summed E-state index contributed by atoms with van der Waals surface area (Å²) >= 11 is 0. The first-order valence-electron chi connectivity index (χ1n) is 5.90. The number of nitrogens with two attached hydrogens (primary N) is 2. The van der Waals surface area contributed by atoms with Crippen molar-refractivity contribution < 1.29 is 0 Å². The molecule has 0 bridgehead atoms. The highest BCUT2D eigenvalue weighted by atomic mass is 14.9. The fourth-order valence-corrected chi connectivity index (χ4v) is 1.70. The number of rotatable bonds is 4. The summed E-state index contributed by atoms with van der Waals surface area (Å²) in [4.78, 5) is 8.65. The van der Waals surface area contributed by atoms with E-state index >= 15 is 0 Å². The SMILES string of the molecule is CC(C)c1ncc(CCC2(N)CC2)c(N)n1. The van der Waals surface area contributed by atoms with Crippen LogP contribution in [0.5, 0.6) is 0 Å². The number of anilines is 1. The number of nitrogens with zero attached hydrogens (tertiary/aromatic N) is 2. The van der Waals surface area contributed by atoms with Crippen molar-refractivity contribution in [3.8, 4) is 0 Å². The second-order valence-electron chi connectivity index (χ2n) is 5.16. The summed E-state index contributed by atoms with van der Waals surface area (Å²) in [6, 6.07) is 0. The standard InChI is InChI=1S/C12H20N4/c1-8(2)11-15-7-9(10(13)16-11)3-4-12(14)5-6-12/h7-8H,3-6,14H2,1-2H3,(H2,13,15,16). The molecule has 0 aliphatic heterocycles. The minimum absolute atomic E-state index is 0.0726. The van der Waals surface area contributed by atoms with E-state index < -0.39 is 0 Å². The molecular formula is C12H20N4. The van der Waals surface area contributed by atoms with Gasteiger partial charge in [-0.2, -0.15) is 0 Å². The summed E-state index contributed by atoms with van der Waals surface area (Å²) in [6.45, 7) is 4.13. The van der Waals surface area contributed by atoms with Gasteiger partial charge in [0, 0.05) is 23.2 Å². The van der Waals surface area contributed by atoms with Gasteiger partial charge in [-0.05, 0) is 25.7 Å². The van der Waals surface area contributed by atoms with Gasteiger partial charge in [-0.15, -0.1) is 0 Å². The van der Waals surface area contributed by atoms with Crippen LogP contribution >= 0.6 is 0 Å². The normalized spacial score (nSPS) is 17.8. The van der Waals surface area contributed by atoms with Crippen LogP contribution in [0.15, 0.2) is 6.20 Å². The van der Waals surface area contributed by atoms with Crippen LogP contribution < -0.4 is 11.5 Å². The van der Waals surface area contributed by atoms with Crippen LogP contribution in [0.3, 0.4) is 0 Å². The highest BCUT2D eigenvalue weighted by Crippen LogP contribution is 2.36. The van der Waals surface area contributed by atoms with Gasteiger partial charge >= 0.3 is 0 Å². The Morgan fingerprint density at radius 1 is 1.44 bits per heavy atom. The van der Waals surface area contributed by atoms with Crippen LogP contribution in [0.4, 0.5) is 5.82 Å². The number of hydrogen-bond acceptors (Lipinski definition) is 4. The maximum absolute atomic E-state index is 6.04. The lowest BCUT2D eigenvalue weighted by atomic mass is 10.1. The molecule has 0 aromatic carbocycles. The zero-order chi connectivity index (χ0) is 11.8. The molecule has 2 rings (SSSR count). The van der Waals surface area contributed by atoms with Gasteiger partial charge < -0.3 is 11.5 Å². The molecule has 1 fully saturated rings. The highest BCUT2D eigenvalue weighted by molar-refractivity contribution is 5.38. The molecule has 0 unspecified atom stereocenters. The molecular weight excluding hydrogens is 200 g/mol. The molecule has 1 aliphatic carbocycles. The minimum Gasteiger partial charge on any atom is -0.383 e. The van der Waals surface area contributed by atoms with E-state index in [1.807, 2.05) is 6.20 Å². The van der Waals surface area contributed by atoms with E-state index in [-0.39, 0.29) is 5.54 Å². The van der Waals surface area contributed by atoms with Crippen molar-refractivity contribution >= 4 is 5.82 Å². The summed E-state index contributed by atoms with van der Waals surface area (Å²) < 4.78 is 0. The first-order valence-corrected chi connectivity index (χ1v) is 5.90. The molecule has 0 atom stereocenters. The van der Waals surface area contributed by atoms with Gasteiger partial charge in [0.05, 0.1) is 0 Å². The Morgan fingerprint density at radius 3 is 2.62 bits per heavy atom. The summed E-state index contributed by atoms with van der Waals surface area (Å²) in [5.74, 6) is 1.75. The van der Waals surface area contributed by atoms with Gasteiger partial charge in [0.25, 0.3) is 0 Å². The third-order valence-electron chi connectivity index (χ3n) is 3.22. The van der Waals surface area contributed by atoms with Crippen molar-refractivity contribution in [3.05, 3.63) is 17.6 Å².